The topological polar surface area (TPSA) is 73.6 Å². The number of imidazole rings is 1. The molecule has 0 atom stereocenters. The van der Waals surface area contributed by atoms with Crippen molar-refractivity contribution in [3.8, 4) is 5.88 Å². The van der Waals surface area contributed by atoms with Gasteiger partial charge in [0.25, 0.3) is 5.88 Å². The van der Waals surface area contributed by atoms with Gasteiger partial charge in [-0.25, -0.2) is 0 Å². The zero-order valence-corrected chi connectivity index (χ0v) is 11.3. The van der Waals surface area contributed by atoms with Crippen molar-refractivity contribution in [3.05, 3.63) is 23.8 Å². The first-order chi connectivity index (χ1) is 9.14. The molecule has 0 amide bonds. The molecule has 0 aliphatic heterocycles. The Hall–Kier alpha value is -1.84. The molecule has 110 valence electrons. The first-order valence-electron chi connectivity index (χ1n) is 5.50. The van der Waals surface area contributed by atoms with Gasteiger partial charge in [-0.3, -0.25) is 9.38 Å². The molecule has 10 heteroatoms. The van der Waals surface area contributed by atoms with Gasteiger partial charge in [0, 0.05) is 6.20 Å². The van der Waals surface area contributed by atoms with Gasteiger partial charge >= 0.3 is 15.6 Å². The number of hydrogen-bond donors (Lipinski definition) is 0. The van der Waals surface area contributed by atoms with Gasteiger partial charge < -0.3 is 4.18 Å². The van der Waals surface area contributed by atoms with Gasteiger partial charge in [0.05, 0.1) is 17.6 Å². The third kappa shape index (κ3) is 2.55. The van der Waals surface area contributed by atoms with Gasteiger partial charge in [0.1, 0.15) is 0 Å². The van der Waals surface area contributed by atoms with Gasteiger partial charge in [-0.15, -0.1) is 0 Å². The lowest BCUT2D eigenvalue weighted by Gasteiger charge is -2.06. The molecule has 0 bridgehead atoms. The maximum Gasteiger partial charge on any atom is 0.534 e. The summed E-state index contributed by atoms with van der Waals surface area (Å²) < 4.78 is 63.8. The molecule has 0 aromatic carbocycles. The molecule has 0 radical (unpaired) electrons. The molecule has 2 rings (SSSR count). The molecule has 0 aliphatic carbocycles. The van der Waals surface area contributed by atoms with Crippen LogP contribution in [0.3, 0.4) is 0 Å². The van der Waals surface area contributed by atoms with Crippen LogP contribution in [0.4, 0.5) is 13.2 Å². The number of aryl methyl sites for hydroxylation is 2. The number of alkyl halides is 3. The highest BCUT2D eigenvalue weighted by Gasteiger charge is 2.49. The summed E-state index contributed by atoms with van der Waals surface area (Å²) in [7, 11) is -5.72. The Balaban J connectivity index is 2.46. The summed E-state index contributed by atoms with van der Waals surface area (Å²) >= 11 is 0. The fourth-order valence-electron chi connectivity index (χ4n) is 1.56. The molecule has 2 aromatic heterocycles. The Bertz CT molecular complexity index is 752. The summed E-state index contributed by atoms with van der Waals surface area (Å²) in [5.41, 5.74) is -4.11. The largest absolute Gasteiger partial charge is 0.534 e. The van der Waals surface area contributed by atoms with Crippen LogP contribution in [0.1, 0.15) is 18.3 Å². The molecule has 0 fully saturated rings. The SMILES string of the molecule is CCc1cn2cc(OS(=O)(=O)C(F)(F)F)nc2c(C)n1. The molecule has 2 heterocycles. The van der Waals surface area contributed by atoms with Gasteiger partial charge in [-0.1, -0.05) is 6.92 Å². The van der Waals surface area contributed by atoms with Crippen molar-refractivity contribution in [1.29, 1.82) is 0 Å². The van der Waals surface area contributed by atoms with E-state index in [0.717, 1.165) is 6.20 Å². The van der Waals surface area contributed by atoms with E-state index in [2.05, 4.69) is 14.2 Å². The average molecular weight is 309 g/mol. The fraction of sp³-hybridized carbons (Fsp3) is 0.400. The van der Waals surface area contributed by atoms with Crippen LogP contribution in [0.15, 0.2) is 12.4 Å². The van der Waals surface area contributed by atoms with Crippen molar-refractivity contribution >= 4 is 15.8 Å². The minimum absolute atomic E-state index is 0.231. The van der Waals surface area contributed by atoms with Crippen LogP contribution < -0.4 is 4.18 Å². The molecular formula is C10H10F3N3O3S. The molecule has 0 saturated carbocycles. The number of nitrogens with zero attached hydrogens (tertiary/aromatic N) is 3. The van der Waals surface area contributed by atoms with E-state index in [9.17, 15) is 21.6 Å². The van der Waals surface area contributed by atoms with Crippen molar-refractivity contribution in [2.75, 3.05) is 0 Å². The van der Waals surface area contributed by atoms with Gasteiger partial charge in [0.15, 0.2) is 5.65 Å². The van der Waals surface area contributed by atoms with Crippen molar-refractivity contribution in [3.63, 3.8) is 0 Å². The summed E-state index contributed by atoms with van der Waals surface area (Å²) in [6.45, 7) is 3.47. The predicted molar refractivity (Wildman–Crippen MR) is 62.7 cm³/mol. The van der Waals surface area contributed by atoms with Crippen molar-refractivity contribution in [2.45, 2.75) is 25.8 Å². The monoisotopic (exact) mass is 309 g/mol. The highest BCUT2D eigenvalue weighted by molar-refractivity contribution is 7.87. The molecule has 0 aliphatic rings. The van der Waals surface area contributed by atoms with Gasteiger partial charge in [-0.05, 0) is 13.3 Å². The summed E-state index contributed by atoms with van der Waals surface area (Å²) in [5, 5.41) is 0. The Kier molecular flexibility index (Phi) is 3.36. The van der Waals surface area contributed by atoms with E-state index in [1.165, 1.54) is 4.40 Å². The molecule has 0 saturated heterocycles. The lowest BCUT2D eigenvalue weighted by molar-refractivity contribution is -0.0501. The van der Waals surface area contributed by atoms with Crippen LogP contribution in [0.25, 0.3) is 5.65 Å². The Morgan fingerprint density at radius 1 is 1.30 bits per heavy atom. The number of halogens is 3. The van der Waals surface area contributed by atoms with Crippen molar-refractivity contribution in [2.24, 2.45) is 0 Å². The third-order valence-electron chi connectivity index (χ3n) is 2.47. The lowest BCUT2D eigenvalue weighted by Crippen LogP contribution is -2.28. The van der Waals surface area contributed by atoms with E-state index in [4.69, 9.17) is 0 Å². The maximum absolute atomic E-state index is 12.2. The predicted octanol–water partition coefficient (Wildman–Crippen LogP) is 1.83. The third-order valence-corrected chi connectivity index (χ3v) is 3.43. The summed E-state index contributed by atoms with van der Waals surface area (Å²) in [5.74, 6) is -0.652. The summed E-state index contributed by atoms with van der Waals surface area (Å²) in [4.78, 5) is 7.85. The van der Waals surface area contributed by atoms with Gasteiger partial charge in [0.2, 0.25) is 0 Å². The maximum atomic E-state index is 12.2. The fourth-order valence-corrected chi connectivity index (χ4v) is 1.96. The molecule has 0 spiro atoms. The standard InChI is InChI=1S/C10H10F3N3O3S/c1-3-7-4-16-5-8(15-9(16)6(2)14-7)19-20(17,18)10(11,12)13/h4-5H,3H2,1-2H3. The smallest absolute Gasteiger partial charge is 0.354 e. The van der Waals surface area contributed by atoms with Crippen molar-refractivity contribution < 1.29 is 25.8 Å². The minimum atomic E-state index is -5.72. The van der Waals surface area contributed by atoms with E-state index in [0.29, 0.717) is 17.8 Å². The molecule has 0 N–H and O–H groups in total. The Morgan fingerprint density at radius 3 is 2.50 bits per heavy atom. The van der Waals surface area contributed by atoms with Crippen molar-refractivity contribution in [1.82, 2.24) is 14.4 Å². The minimum Gasteiger partial charge on any atom is -0.354 e. The normalized spacial score (nSPS) is 12.8. The highest BCUT2D eigenvalue weighted by atomic mass is 32.2. The Morgan fingerprint density at radius 2 is 1.95 bits per heavy atom. The van der Waals surface area contributed by atoms with Crippen LogP contribution in [-0.2, 0) is 16.5 Å². The zero-order valence-electron chi connectivity index (χ0n) is 10.5. The average Bonchev–Trinajstić information content (AvgIpc) is 2.69. The molecule has 20 heavy (non-hydrogen) atoms. The number of rotatable bonds is 3. The summed E-state index contributed by atoms with van der Waals surface area (Å²) in [6, 6.07) is 0. The van der Waals surface area contributed by atoms with Crippen LogP contribution in [0.5, 0.6) is 5.88 Å². The van der Waals surface area contributed by atoms with Crippen LogP contribution in [0, 0.1) is 6.92 Å². The van der Waals surface area contributed by atoms with E-state index >= 15 is 0 Å². The number of hydrogen-bond acceptors (Lipinski definition) is 5. The Labute approximate surface area is 112 Å². The second-order valence-corrected chi connectivity index (χ2v) is 5.50. The number of fused-ring (bicyclic) bond motifs is 1. The quantitative estimate of drug-likeness (QED) is 0.639. The molecule has 6 nitrogen and oxygen atoms in total. The van der Waals surface area contributed by atoms with Crippen LogP contribution in [-0.4, -0.2) is 28.3 Å². The van der Waals surface area contributed by atoms with E-state index in [1.54, 1.807) is 13.1 Å². The molecular weight excluding hydrogens is 299 g/mol. The first-order valence-corrected chi connectivity index (χ1v) is 6.91. The van der Waals surface area contributed by atoms with E-state index in [1.807, 2.05) is 6.92 Å². The second kappa shape index (κ2) is 4.62. The van der Waals surface area contributed by atoms with E-state index in [-0.39, 0.29) is 5.65 Å². The lowest BCUT2D eigenvalue weighted by atomic mass is 10.3. The second-order valence-electron chi connectivity index (χ2n) is 3.96. The highest BCUT2D eigenvalue weighted by Crippen LogP contribution is 2.26. The first kappa shape index (κ1) is 14.6. The zero-order chi connectivity index (χ0) is 15.1. The summed E-state index contributed by atoms with van der Waals surface area (Å²) in [6.07, 6.45) is 3.22. The number of aromatic nitrogens is 3. The van der Waals surface area contributed by atoms with E-state index < -0.39 is 21.5 Å². The van der Waals surface area contributed by atoms with Gasteiger partial charge in [-0.2, -0.15) is 26.6 Å². The molecule has 2 aromatic rings. The molecule has 0 unspecified atom stereocenters. The van der Waals surface area contributed by atoms with Crippen LogP contribution in [0.2, 0.25) is 0 Å². The van der Waals surface area contributed by atoms with Crippen LogP contribution >= 0.6 is 0 Å².